The molecule has 0 spiro atoms. The zero-order chi connectivity index (χ0) is 8.69. The van der Waals surface area contributed by atoms with Gasteiger partial charge in [-0.1, -0.05) is 6.92 Å². The van der Waals surface area contributed by atoms with E-state index >= 15 is 0 Å². The van der Waals surface area contributed by atoms with Gasteiger partial charge in [0.05, 0.1) is 7.11 Å². The molecule has 0 N–H and O–H groups in total. The molecule has 1 amide bonds. The second-order valence-electron chi connectivity index (χ2n) is 1.81. The lowest BCUT2D eigenvalue weighted by Gasteiger charge is -2.14. The highest BCUT2D eigenvalue weighted by atomic mass is 79.9. The van der Waals surface area contributed by atoms with Gasteiger partial charge in [0, 0.05) is 28.4 Å². The van der Waals surface area contributed by atoms with Crippen molar-refractivity contribution < 1.29 is 9.63 Å². The Balaban J connectivity index is 3.98. The van der Waals surface area contributed by atoms with E-state index in [2.05, 4.69) is 26.7 Å². The van der Waals surface area contributed by atoms with Gasteiger partial charge < -0.3 is 0 Å². The number of carbonyl (C=O) groups is 1. The van der Waals surface area contributed by atoms with Crippen molar-refractivity contribution in [1.82, 2.24) is 5.06 Å². The van der Waals surface area contributed by atoms with Crippen LogP contribution in [0.3, 0.4) is 0 Å². The quantitative estimate of drug-likeness (QED) is 0.527. The van der Waals surface area contributed by atoms with E-state index in [1.165, 1.54) is 12.2 Å². The van der Waals surface area contributed by atoms with Crippen LogP contribution in [0.5, 0.6) is 0 Å². The Bertz CT molecular complexity index is 183. The minimum absolute atomic E-state index is 0.328. The molecule has 4 heteroatoms. The molecule has 0 aliphatic heterocycles. The van der Waals surface area contributed by atoms with E-state index in [0.29, 0.717) is 6.54 Å². The molecular weight excluding hydrogens is 210 g/mol. The first kappa shape index (κ1) is 10.5. The predicted molar refractivity (Wildman–Crippen MR) is 45.7 cm³/mol. The topological polar surface area (TPSA) is 29.5 Å². The van der Waals surface area contributed by atoms with E-state index in [1.807, 2.05) is 6.92 Å². The van der Waals surface area contributed by atoms with Gasteiger partial charge >= 0.3 is 5.91 Å². The lowest BCUT2D eigenvalue weighted by Crippen LogP contribution is -2.29. The summed E-state index contributed by atoms with van der Waals surface area (Å²) in [6, 6.07) is 0. The maximum absolute atomic E-state index is 11.0. The average molecular weight is 220 g/mol. The molecule has 0 unspecified atom stereocenters. The monoisotopic (exact) mass is 219 g/mol. The molecule has 11 heavy (non-hydrogen) atoms. The Morgan fingerprint density at radius 2 is 2.36 bits per heavy atom. The molecule has 62 valence electrons. The molecule has 0 rings (SSSR count). The molecule has 0 aliphatic rings. The van der Waals surface area contributed by atoms with Gasteiger partial charge in [-0.05, 0) is 11.3 Å². The Hall–Kier alpha value is -0.530. The lowest BCUT2D eigenvalue weighted by atomic mass is 10.4. The summed E-state index contributed by atoms with van der Waals surface area (Å²) in [5, 5.41) is 1.22. The summed E-state index contributed by atoms with van der Waals surface area (Å²) in [7, 11) is 1.45. The summed E-state index contributed by atoms with van der Waals surface area (Å²) in [6.07, 6.45) is 0.851. The highest BCUT2D eigenvalue weighted by molar-refractivity contribution is 9.12. The average Bonchev–Trinajstić information content (AvgIpc) is 2.00. The number of hydroxylamine groups is 2. The second-order valence-corrected chi connectivity index (χ2v) is 2.21. The maximum Gasteiger partial charge on any atom is 0.322 e. The highest BCUT2D eigenvalue weighted by Crippen LogP contribution is 1.91. The Labute approximate surface area is 74.8 Å². The van der Waals surface area contributed by atoms with E-state index in [1.54, 1.807) is 0 Å². The summed E-state index contributed by atoms with van der Waals surface area (Å²) >= 11 is 2.83. The van der Waals surface area contributed by atoms with Crippen molar-refractivity contribution in [3.8, 4) is 10.8 Å². The SMILES string of the molecule is CCCN(OC)C(=O)C#CBr. The van der Waals surface area contributed by atoms with E-state index in [4.69, 9.17) is 4.84 Å². The standard InChI is InChI=1S/C7H10BrNO2/c1-3-6-9(11-2)7(10)4-5-8/h3,6H2,1-2H3. The fraction of sp³-hybridized carbons (Fsp3) is 0.571. The number of hydrogen-bond acceptors (Lipinski definition) is 2. The first-order chi connectivity index (χ1) is 5.26. The minimum atomic E-state index is -0.328. The molecule has 0 saturated heterocycles. The van der Waals surface area contributed by atoms with Gasteiger partial charge in [0.15, 0.2) is 0 Å². The van der Waals surface area contributed by atoms with Crippen LogP contribution in [0.15, 0.2) is 0 Å². The highest BCUT2D eigenvalue weighted by Gasteiger charge is 2.07. The van der Waals surface area contributed by atoms with Crippen LogP contribution in [-0.4, -0.2) is 24.6 Å². The molecule has 0 bridgehead atoms. The van der Waals surface area contributed by atoms with Gasteiger partial charge in [-0.3, -0.25) is 9.63 Å². The molecule has 0 atom stereocenters. The van der Waals surface area contributed by atoms with E-state index in [9.17, 15) is 4.79 Å². The van der Waals surface area contributed by atoms with Crippen molar-refractivity contribution in [1.29, 1.82) is 0 Å². The van der Waals surface area contributed by atoms with Crippen molar-refractivity contribution in [2.24, 2.45) is 0 Å². The van der Waals surface area contributed by atoms with Crippen LogP contribution in [0.1, 0.15) is 13.3 Å². The second kappa shape index (κ2) is 6.20. The van der Waals surface area contributed by atoms with Crippen molar-refractivity contribution in [2.45, 2.75) is 13.3 Å². The van der Waals surface area contributed by atoms with Crippen molar-refractivity contribution in [2.75, 3.05) is 13.7 Å². The van der Waals surface area contributed by atoms with Gasteiger partial charge in [0.25, 0.3) is 0 Å². The zero-order valence-corrected chi connectivity index (χ0v) is 8.14. The first-order valence-corrected chi connectivity index (χ1v) is 4.02. The van der Waals surface area contributed by atoms with Crippen molar-refractivity contribution in [3.05, 3.63) is 0 Å². The summed E-state index contributed by atoms with van der Waals surface area (Å²) in [4.78, 5) is 18.1. The Morgan fingerprint density at radius 1 is 1.73 bits per heavy atom. The molecule has 0 heterocycles. The summed E-state index contributed by atoms with van der Waals surface area (Å²) < 4.78 is 0. The smallest absolute Gasteiger partial charge is 0.273 e. The third kappa shape index (κ3) is 4.02. The van der Waals surface area contributed by atoms with Gasteiger partial charge in [-0.25, -0.2) is 5.06 Å². The molecule has 0 aromatic heterocycles. The third-order valence-corrected chi connectivity index (χ3v) is 1.23. The van der Waals surface area contributed by atoms with E-state index in [-0.39, 0.29) is 5.91 Å². The van der Waals surface area contributed by atoms with Gasteiger partial charge in [-0.2, -0.15) is 0 Å². The van der Waals surface area contributed by atoms with Crippen molar-refractivity contribution >= 4 is 21.8 Å². The van der Waals surface area contributed by atoms with E-state index < -0.39 is 0 Å². The Morgan fingerprint density at radius 3 is 2.73 bits per heavy atom. The van der Waals surface area contributed by atoms with Crippen LogP contribution in [-0.2, 0) is 9.63 Å². The zero-order valence-electron chi connectivity index (χ0n) is 6.56. The third-order valence-electron chi connectivity index (χ3n) is 1.03. The van der Waals surface area contributed by atoms with Gasteiger partial charge in [0.1, 0.15) is 0 Å². The maximum atomic E-state index is 11.0. The molecule has 0 saturated carbocycles. The van der Waals surface area contributed by atoms with Crippen LogP contribution >= 0.6 is 15.9 Å². The fourth-order valence-electron chi connectivity index (χ4n) is 0.582. The largest absolute Gasteiger partial charge is 0.322 e. The van der Waals surface area contributed by atoms with Crippen LogP contribution in [0.2, 0.25) is 0 Å². The van der Waals surface area contributed by atoms with Crippen LogP contribution in [0.25, 0.3) is 0 Å². The van der Waals surface area contributed by atoms with Crippen LogP contribution in [0.4, 0.5) is 0 Å². The van der Waals surface area contributed by atoms with Crippen LogP contribution < -0.4 is 0 Å². The number of carbonyl (C=O) groups excluding carboxylic acids is 1. The Kier molecular flexibility index (Phi) is 5.90. The summed E-state index contributed by atoms with van der Waals surface area (Å²) in [5.41, 5.74) is 0. The van der Waals surface area contributed by atoms with Gasteiger partial charge in [0.2, 0.25) is 0 Å². The molecule has 0 aliphatic carbocycles. The van der Waals surface area contributed by atoms with Gasteiger partial charge in [-0.15, -0.1) is 0 Å². The molecular formula is C7H10BrNO2. The minimum Gasteiger partial charge on any atom is -0.273 e. The first-order valence-electron chi connectivity index (χ1n) is 3.23. The van der Waals surface area contributed by atoms with Crippen LogP contribution in [0, 0.1) is 10.8 Å². The molecule has 0 aromatic rings. The summed E-state index contributed by atoms with van der Waals surface area (Å²) in [5.74, 6) is 1.98. The van der Waals surface area contributed by atoms with E-state index in [0.717, 1.165) is 6.42 Å². The van der Waals surface area contributed by atoms with Crippen molar-refractivity contribution in [3.63, 3.8) is 0 Å². The number of rotatable bonds is 3. The molecule has 0 aromatic carbocycles. The number of hydrogen-bond donors (Lipinski definition) is 0. The molecule has 0 fully saturated rings. The molecule has 3 nitrogen and oxygen atoms in total. The fourth-order valence-corrected chi connectivity index (χ4v) is 0.751. The number of amides is 1. The molecule has 0 radical (unpaired) electrons. The lowest BCUT2D eigenvalue weighted by molar-refractivity contribution is -0.169. The predicted octanol–water partition coefficient (Wildman–Crippen LogP) is 1.14. The number of halogens is 1. The normalized spacial score (nSPS) is 8.27. The number of nitrogens with zero attached hydrogens (tertiary/aromatic N) is 1. The summed E-state index contributed by atoms with van der Waals surface area (Å²) in [6.45, 7) is 2.53.